The van der Waals surface area contributed by atoms with Crippen molar-refractivity contribution in [2.75, 3.05) is 0 Å². The van der Waals surface area contributed by atoms with Gasteiger partial charge in [-0.1, -0.05) is 90.4 Å². The summed E-state index contributed by atoms with van der Waals surface area (Å²) in [5.74, 6) is -0.654. The Morgan fingerprint density at radius 1 is 0.650 bits per heavy atom. The predicted molar refractivity (Wildman–Crippen MR) is 88.3 cm³/mol. The molecule has 0 atom stereocenters. The van der Waals surface area contributed by atoms with Gasteiger partial charge in [0.25, 0.3) is 0 Å². The zero-order valence-electron chi connectivity index (χ0n) is 13.5. The molecule has 0 heterocycles. The van der Waals surface area contributed by atoms with Gasteiger partial charge < -0.3 is 5.11 Å². The van der Waals surface area contributed by atoms with E-state index in [9.17, 15) is 4.79 Å². The van der Waals surface area contributed by atoms with Gasteiger partial charge in [-0.3, -0.25) is 4.79 Å². The van der Waals surface area contributed by atoms with Gasteiger partial charge in [-0.05, 0) is 6.42 Å². The van der Waals surface area contributed by atoms with Crippen molar-refractivity contribution in [3.05, 3.63) is 0 Å². The maximum absolute atomic E-state index is 10.3. The molecular formula is C17H34O2Pb. The standard InChI is InChI=1S/C17H34O2.Pb/c1-2-3-4-5-6-7-8-9-10-11-12-13-14-15-16-17(18)19;/h2-16H2,1H3,(H,18,19);. The molecule has 2 nitrogen and oxygen atoms in total. The van der Waals surface area contributed by atoms with E-state index in [-0.39, 0.29) is 27.3 Å². The number of carbonyl (C=O) groups is 1. The molecular weight excluding hydrogens is 443 g/mol. The predicted octanol–water partition coefficient (Wildman–Crippen LogP) is 5.56. The summed E-state index contributed by atoms with van der Waals surface area (Å²) < 4.78 is 0. The van der Waals surface area contributed by atoms with Crippen molar-refractivity contribution in [3.8, 4) is 0 Å². The number of unbranched alkanes of at least 4 members (excludes halogenated alkanes) is 13. The van der Waals surface area contributed by atoms with Crippen LogP contribution in [0.4, 0.5) is 0 Å². The van der Waals surface area contributed by atoms with Crippen LogP contribution in [0, 0.1) is 0 Å². The van der Waals surface area contributed by atoms with E-state index in [0.717, 1.165) is 12.8 Å². The van der Waals surface area contributed by atoms with Crippen LogP contribution in [-0.2, 0) is 4.79 Å². The van der Waals surface area contributed by atoms with Crippen LogP contribution >= 0.6 is 0 Å². The summed E-state index contributed by atoms with van der Waals surface area (Å²) in [5, 5.41) is 8.50. The molecule has 0 aliphatic rings. The van der Waals surface area contributed by atoms with Gasteiger partial charge >= 0.3 is 5.97 Å². The molecule has 1 N–H and O–H groups in total. The first kappa shape index (κ1) is 22.7. The van der Waals surface area contributed by atoms with Crippen LogP contribution in [0.25, 0.3) is 0 Å². The minimum atomic E-state index is -0.654. The molecule has 4 radical (unpaired) electrons. The van der Waals surface area contributed by atoms with Gasteiger partial charge in [0.1, 0.15) is 0 Å². The Morgan fingerprint density at radius 2 is 0.950 bits per heavy atom. The monoisotopic (exact) mass is 478 g/mol. The summed E-state index contributed by atoms with van der Waals surface area (Å²) in [7, 11) is 0. The van der Waals surface area contributed by atoms with Crippen molar-refractivity contribution >= 4 is 33.3 Å². The van der Waals surface area contributed by atoms with Gasteiger partial charge in [0, 0.05) is 33.7 Å². The molecule has 0 aromatic rings. The Hall–Kier alpha value is 0.392. The van der Waals surface area contributed by atoms with Crippen molar-refractivity contribution in [2.45, 2.75) is 103 Å². The van der Waals surface area contributed by atoms with Gasteiger partial charge in [0.2, 0.25) is 0 Å². The molecule has 20 heavy (non-hydrogen) atoms. The Labute approximate surface area is 146 Å². The number of hydrogen-bond acceptors (Lipinski definition) is 1. The minimum absolute atomic E-state index is 0. The molecule has 0 aromatic carbocycles. The topological polar surface area (TPSA) is 37.3 Å². The molecule has 0 bridgehead atoms. The quantitative estimate of drug-likeness (QED) is 0.248. The maximum atomic E-state index is 10.3. The van der Waals surface area contributed by atoms with Crippen molar-refractivity contribution in [1.29, 1.82) is 0 Å². The first-order valence-electron chi connectivity index (χ1n) is 8.49. The van der Waals surface area contributed by atoms with E-state index in [1.165, 1.54) is 77.0 Å². The molecule has 0 aromatic heterocycles. The second-order valence-corrected chi connectivity index (χ2v) is 5.74. The van der Waals surface area contributed by atoms with Crippen molar-refractivity contribution < 1.29 is 9.90 Å². The Balaban J connectivity index is 0. The number of carboxylic acid groups (broad SMARTS) is 1. The average Bonchev–Trinajstić information content (AvgIpc) is 2.39. The van der Waals surface area contributed by atoms with E-state index in [1.54, 1.807) is 0 Å². The maximum Gasteiger partial charge on any atom is 0.303 e. The fourth-order valence-electron chi connectivity index (χ4n) is 2.47. The molecule has 0 spiro atoms. The van der Waals surface area contributed by atoms with Crippen LogP contribution in [0.2, 0.25) is 0 Å². The second-order valence-electron chi connectivity index (χ2n) is 5.74. The van der Waals surface area contributed by atoms with E-state index >= 15 is 0 Å². The molecule has 0 unspecified atom stereocenters. The van der Waals surface area contributed by atoms with Gasteiger partial charge in [0.05, 0.1) is 0 Å². The second kappa shape index (κ2) is 19.4. The summed E-state index contributed by atoms with van der Waals surface area (Å²) in [6, 6.07) is 0. The third-order valence-corrected chi connectivity index (χ3v) is 3.74. The van der Waals surface area contributed by atoms with Gasteiger partial charge in [-0.2, -0.15) is 0 Å². The third-order valence-electron chi connectivity index (χ3n) is 3.74. The van der Waals surface area contributed by atoms with Crippen molar-refractivity contribution in [1.82, 2.24) is 0 Å². The fourth-order valence-corrected chi connectivity index (χ4v) is 2.47. The molecule has 0 saturated carbocycles. The molecule has 0 fully saturated rings. The molecule has 118 valence electrons. The van der Waals surface area contributed by atoms with Gasteiger partial charge in [-0.15, -0.1) is 0 Å². The number of hydrogen-bond donors (Lipinski definition) is 1. The van der Waals surface area contributed by atoms with E-state index in [2.05, 4.69) is 6.92 Å². The van der Waals surface area contributed by atoms with Crippen LogP contribution in [0.3, 0.4) is 0 Å². The van der Waals surface area contributed by atoms with Crippen LogP contribution in [-0.4, -0.2) is 38.4 Å². The molecule has 0 aliphatic carbocycles. The van der Waals surface area contributed by atoms with Crippen molar-refractivity contribution in [2.24, 2.45) is 0 Å². The van der Waals surface area contributed by atoms with Gasteiger partial charge in [-0.25, -0.2) is 0 Å². The summed E-state index contributed by atoms with van der Waals surface area (Å²) in [6.07, 6.45) is 18.7. The van der Waals surface area contributed by atoms with E-state index in [1.807, 2.05) is 0 Å². The van der Waals surface area contributed by atoms with E-state index < -0.39 is 5.97 Å². The number of aliphatic carboxylic acids is 1. The zero-order chi connectivity index (χ0) is 14.2. The van der Waals surface area contributed by atoms with Crippen molar-refractivity contribution in [3.63, 3.8) is 0 Å². The summed E-state index contributed by atoms with van der Waals surface area (Å²) >= 11 is 0. The summed E-state index contributed by atoms with van der Waals surface area (Å²) in [5.41, 5.74) is 0. The van der Waals surface area contributed by atoms with Crippen LogP contribution < -0.4 is 0 Å². The SMILES string of the molecule is CCCCCCCCCCCCCCCCC(=O)O.[Pb]. The molecule has 0 aliphatic heterocycles. The Kier molecular flexibility index (Phi) is 22.0. The smallest absolute Gasteiger partial charge is 0.303 e. The van der Waals surface area contributed by atoms with E-state index in [0.29, 0.717) is 6.42 Å². The first-order valence-corrected chi connectivity index (χ1v) is 8.49. The van der Waals surface area contributed by atoms with Crippen LogP contribution in [0.5, 0.6) is 0 Å². The molecule has 0 amide bonds. The summed E-state index contributed by atoms with van der Waals surface area (Å²) in [6.45, 7) is 2.27. The summed E-state index contributed by atoms with van der Waals surface area (Å²) in [4.78, 5) is 10.3. The van der Waals surface area contributed by atoms with Gasteiger partial charge in [0.15, 0.2) is 0 Å². The van der Waals surface area contributed by atoms with Crippen LogP contribution in [0.15, 0.2) is 0 Å². The number of carboxylic acids is 1. The number of rotatable bonds is 15. The molecule has 0 rings (SSSR count). The fraction of sp³-hybridized carbons (Fsp3) is 0.941. The zero-order valence-corrected chi connectivity index (χ0v) is 17.3. The minimum Gasteiger partial charge on any atom is -0.481 e. The van der Waals surface area contributed by atoms with E-state index in [4.69, 9.17) is 5.11 Å². The first-order chi connectivity index (χ1) is 9.27. The molecule has 0 saturated heterocycles. The Morgan fingerprint density at radius 3 is 1.25 bits per heavy atom. The Bertz CT molecular complexity index is 195. The molecule has 3 heteroatoms. The largest absolute Gasteiger partial charge is 0.481 e. The third kappa shape index (κ3) is 20.7. The average molecular weight is 478 g/mol. The normalized spacial score (nSPS) is 10.2. The van der Waals surface area contributed by atoms with Crippen LogP contribution in [0.1, 0.15) is 103 Å².